The number of pyridine rings is 1. The third-order valence-corrected chi connectivity index (χ3v) is 2.62. The van der Waals surface area contributed by atoms with Crippen molar-refractivity contribution in [2.24, 2.45) is 0 Å². The first-order valence-corrected chi connectivity index (χ1v) is 5.76. The van der Waals surface area contributed by atoms with Gasteiger partial charge in [-0.1, -0.05) is 0 Å². The van der Waals surface area contributed by atoms with E-state index in [1.807, 2.05) is 13.0 Å². The van der Waals surface area contributed by atoms with Gasteiger partial charge in [0.15, 0.2) is 6.04 Å². The highest BCUT2D eigenvalue weighted by Gasteiger charge is 2.24. The van der Waals surface area contributed by atoms with Crippen molar-refractivity contribution in [3.63, 3.8) is 0 Å². The summed E-state index contributed by atoms with van der Waals surface area (Å²) in [7, 11) is 0. The first-order chi connectivity index (χ1) is 8.91. The van der Waals surface area contributed by atoms with E-state index in [0.29, 0.717) is 0 Å². The molecule has 0 aliphatic heterocycles. The minimum Gasteiger partial charge on any atom is -0.480 e. The van der Waals surface area contributed by atoms with Gasteiger partial charge in [0, 0.05) is 18.9 Å². The lowest BCUT2D eigenvalue weighted by Gasteiger charge is -2.17. The van der Waals surface area contributed by atoms with E-state index in [2.05, 4.69) is 15.6 Å². The van der Waals surface area contributed by atoms with Crippen LogP contribution in [-0.2, 0) is 11.3 Å². The molecule has 2 unspecified atom stereocenters. The second-order valence-electron chi connectivity index (χ2n) is 4.19. The van der Waals surface area contributed by atoms with Gasteiger partial charge in [0.1, 0.15) is 0 Å². The Kier molecular flexibility index (Phi) is 5.25. The second-order valence-corrected chi connectivity index (χ2v) is 4.19. The number of urea groups is 1. The van der Waals surface area contributed by atoms with Gasteiger partial charge in [-0.25, -0.2) is 9.59 Å². The lowest BCUT2D eigenvalue weighted by molar-refractivity contribution is -0.141. The SMILES string of the molecule is Cc1ccncc1CNC(=O)NC(C(=O)O)C(C)O. The average Bonchev–Trinajstić information content (AvgIpc) is 2.34. The molecule has 0 spiro atoms. The fourth-order valence-corrected chi connectivity index (χ4v) is 1.44. The van der Waals surface area contributed by atoms with Crippen molar-refractivity contribution in [3.05, 3.63) is 29.6 Å². The number of rotatable bonds is 5. The van der Waals surface area contributed by atoms with Crippen molar-refractivity contribution < 1.29 is 19.8 Å². The number of carbonyl (C=O) groups excluding carboxylic acids is 1. The summed E-state index contributed by atoms with van der Waals surface area (Å²) in [6, 6.07) is -0.184. The number of aliphatic carboxylic acids is 1. The molecule has 1 aromatic heterocycles. The number of aliphatic hydroxyl groups excluding tert-OH is 1. The van der Waals surface area contributed by atoms with Gasteiger partial charge < -0.3 is 20.8 Å². The van der Waals surface area contributed by atoms with Gasteiger partial charge in [-0.3, -0.25) is 4.98 Å². The maximum atomic E-state index is 11.5. The molecule has 4 N–H and O–H groups in total. The predicted molar refractivity (Wildman–Crippen MR) is 67.5 cm³/mol. The molecule has 7 heteroatoms. The summed E-state index contributed by atoms with van der Waals surface area (Å²) in [6.45, 7) is 3.41. The highest BCUT2D eigenvalue weighted by molar-refractivity contribution is 5.82. The van der Waals surface area contributed by atoms with Crippen LogP contribution < -0.4 is 10.6 Å². The summed E-state index contributed by atoms with van der Waals surface area (Å²) in [5, 5.41) is 22.7. The Hall–Kier alpha value is -2.15. The molecular weight excluding hydrogens is 250 g/mol. The summed E-state index contributed by atoms with van der Waals surface area (Å²) in [5.41, 5.74) is 1.81. The Bertz CT molecular complexity index is 462. The normalized spacial score (nSPS) is 13.4. The fourth-order valence-electron chi connectivity index (χ4n) is 1.44. The summed E-state index contributed by atoms with van der Waals surface area (Å²) < 4.78 is 0. The van der Waals surface area contributed by atoms with Crippen molar-refractivity contribution in [3.8, 4) is 0 Å². The molecular formula is C12H17N3O4. The molecule has 19 heavy (non-hydrogen) atoms. The van der Waals surface area contributed by atoms with Gasteiger partial charge in [-0.2, -0.15) is 0 Å². The molecule has 0 bridgehead atoms. The van der Waals surface area contributed by atoms with E-state index in [-0.39, 0.29) is 6.54 Å². The molecule has 2 atom stereocenters. The number of nitrogens with one attached hydrogen (secondary N) is 2. The molecule has 0 saturated heterocycles. The third-order valence-electron chi connectivity index (χ3n) is 2.62. The first kappa shape index (κ1) is 14.9. The molecule has 104 valence electrons. The summed E-state index contributed by atoms with van der Waals surface area (Å²) in [5.74, 6) is -1.29. The van der Waals surface area contributed by atoms with E-state index < -0.39 is 24.1 Å². The van der Waals surface area contributed by atoms with Crippen LogP contribution in [0.25, 0.3) is 0 Å². The van der Waals surface area contributed by atoms with Gasteiger partial charge in [0.05, 0.1) is 6.10 Å². The number of aliphatic hydroxyl groups is 1. The van der Waals surface area contributed by atoms with Crippen molar-refractivity contribution >= 4 is 12.0 Å². The molecule has 0 radical (unpaired) electrons. The smallest absolute Gasteiger partial charge is 0.328 e. The number of carbonyl (C=O) groups is 2. The van der Waals surface area contributed by atoms with Crippen LogP contribution in [-0.4, -0.2) is 39.3 Å². The fraction of sp³-hybridized carbons (Fsp3) is 0.417. The molecule has 0 fully saturated rings. The number of aromatic nitrogens is 1. The van der Waals surface area contributed by atoms with Gasteiger partial charge in [-0.05, 0) is 31.0 Å². The largest absolute Gasteiger partial charge is 0.480 e. The van der Waals surface area contributed by atoms with E-state index in [9.17, 15) is 14.7 Å². The number of aryl methyl sites for hydroxylation is 1. The van der Waals surface area contributed by atoms with Gasteiger partial charge >= 0.3 is 12.0 Å². The summed E-state index contributed by atoms with van der Waals surface area (Å²) in [4.78, 5) is 26.3. The molecule has 1 heterocycles. The molecule has 2 amide bonds. The summed E-state index contributed by atoms with van der Waals surface area (Å²) >= 11 is 0. The second kappa shape index (κ2) is 6.69. The third kappa shape index (κ3) is 4.55. The van der Waals surface area contributed by atoms with E-state index >= 15 is 0 Å². The molecule has 1 rings (SSSR count). The van der Waals surface area contributed by atoms with Crippen LogP contribution in [0.3, 0.4) is 0 Å². The minimum atomic E-state index is -1.34. The highest BCUT2D eigenvalue weighted by Crippen LogP contribution is 2.03. The van der Waals surface area contributed by atoms with Crippen LogP contribution in [0.4, 0.5) is 4.79 Å². The van der Waals surface area contributed by atoms with E-state index in [1.54, 1.807) is 12.4 Å². The zero-order valence-corrected chi connectivity index (χ0v) is 10.8. The minimum absolute atomic E-state index is 0.234. The zero-order valence-electron chi connectivity index (χ0n) is 10.8. The molecule has 0 aliphatic carbocycles. The number of carboxylic acid groups (broad SMARTS) is 1. The van der Waals surface area contributed by atoms with Crippen LogP contribution >= 0.6 is 0 Å². The Morgan fingerprint density at radius 1 is 1.47 bits per heavy atom. The topological polar surface area (TPSA) is 112 Å². The lowest BCUT2D eigenvalue weighted by atomic mass is 10.1. The number of hydrogen-bond donors (Lipinski definition) is 4. The van der Waals surface area contributed by atoms with Gasteiger partial charge in [0.2, 0.25) is 0 Å². The van der Waals surface area contributed by atoms with Crippen LogP contribution in [0.15, 0.2) is 18.5 Å². The van der Waals surface area contributed by atoms with Crippen LogP contribution in [0.1, 0.15) is 18.1 Å². The Morgan fingerprint density at radius 3 is 2.68 bits per heavy atom. The van der Waals surface area contributed by atoms with Crippen molar-refractivity contribution in [2.75, 3.05) is 0 Å². The van der Waals surface area contributed by atoms with E-state index in [4.69, 9.17) is 5.11 Å². The zero-order chi connectivity index (χ0) is 14.4. The Morgan fingerprint density at radius 2 is 2.16 bits per heavy atom. The predicted octanol–water partition coefficient (Wildman–Crippen LogP) is 0.0232. The van der Waals surface area contributed by atoms with Crippen molar-refractivity contribution in [1.29, 1.82) is 0 Å². The molecule has 0 aromatic carbocycles. The van der Waals surface area contributed by atoms with Crippen LogP contribution in [0.2, 0.25) is 0 Å². The van der Waals surface area contributed by atoms with E-state index in [0.717, 1.165) is 11.1 Å². The quantitative estimate of drug-likeness (QED) is 0.601. The van der Waals surface area contributed by atoms with E-state index in [1.165, 1.54) is 6.92 Å². The highest BCUT2D eigenvalue weighted by atomic mass is 16.4. The lowest BCUT2D eigenvalue weighted by Crippen LogP contribution is -2.51. The number of nitrogens with zero attached hydrogens (tertiary/aromatic N) is 1. The summed E-state index contributed by atoms with van der Waals surface area (Å²) in [6.07, 6.45) is 2.09. The van der Waals surface area contributed by atoms with Gasteiger partial charge in [0.25, 0.3) is 0 Å². The number of carboxylic acids is 1. The number of amides is 2. The molecule has 0 aliphatic rings. The van der Waals surface area contributed by atoms with Crippen LogP contribution in [0, 0.1) is 6.92 Å². The van der Waals surface area contributed by atoms with Gasteiger partial charge in [-0.15, -0.1) is 0 Å². The first-order valence-electron chi connectivity index (χ1n) is 5.76. The molecule has 7 nitrogen and oxygen atoms in total. The number of hydrogen-bond acceptors (Lipinski definition) is 4. The maximum absolute atomic E-state index is 11.5. The monoisotopic (exact) mass is 267 g/mol. The average molecular weight is 267 g/mol. The molecule has 0 saturated carbocycles. The van der Waals surface area contributed by atoms with Crippen LogP contribution in [0.5, 0.6) is 0 Å². The maximum Gasteiger partial charge on any atom is 0.328 e. The Labute approximate surface area is 110 Å². The van der Waals surface area contributed by atoms with Crippen molar-refractivity contribution in [2.45, 2.75) is 32.5 Å². The Balaban J connectivity index is 2.52. The van der Waals surface area contributed by atoms with Crippen molar-refractivity contribution in [1.82, 2.24) is 15.6 Å². The standard InChI is InChI=1S/C12H17N3O4/c1-7-3-4-13-5-9(7)6-14-12(19)15-10(8(2)16)11(17)18/h3-5,8,10,16H,6H2,1-2H3,(H,17,18)(H2,14,15,19). The molecule has 1 aromatic rings.